The number of fused-ring (bicyclic) bond motifs is 6. The standard InChI is InChI=1S/C25H18F3N3O2.C25H19F2N3O2.C24H19FN4O2/c1-12(2)24-22(13-7-18(27)23(25(32)33)19(28)8-13)17-10-20-14(11-29-30-20)9-21(17)31(24)16-5-3-15(26)4-6-16;1-13(2)24-23(14-3-8-18(25(31)32)20(27)9-14)19-11-21-15(12-28-29-21)10-22(19)30(24)17-6-4-16(26)5-7-17;1-13(2)23-22(14-3-8-19(24(30)31)26-11-14)18-10-20-15(12-27-28-20)9-21(18)29(23)17-6-4-16(25)5-7-17/h3-12H,1-2H3,(H,29,30)(H,32,33);3-13H,1-2H3,(H,28,29)(H,31,32);3-13H,1-2H3,(H,27,28)(H,30,31). The first kappa shape index (κ1) is 62.7. The molecule has 8 aromatic carbocycles. The van der Waals surface area contributed by atoms with Crippen LogP contribution in [0.4, 0.5) is 26.3 Å². The van der Waals surface area contributed by atoms with Crippen LogP contribution in [0.25, 0.3) is 116 Å². The molecule has 0 saturated carbocycles. The Morgan fingerprint density at radius 3 is 1.06 bits per heavy atom. The number of pyridine rings is 1. The summed E-state index contributed by atoms with van der Waals surface area (Å²) in [4.78, 5) is 38.0. The van der Waals surface area contributed by atoms with E-state index < -0.39 is 40.9 Å². The highest BCUT2D eigenvalue weighted by Crippen LogP contribution is 2.46. The van der Waals surface area contributed by atoms with E-state index in [-0.39, 0.29) is 52.0 Å². The average molecular weight is 1300 g/mol. The van der Waals surface area contributed by atoms with Crippen molar-refractivity contribution in [1.29, 1.82) is 0 Å². The minimum absolute atomic E-state index is 0.00641. The van der Waals surface area contributed by atoms with Crippen molar-refractivity contribution >= 4 is 83.3 Å². The maximum absolute atomic E-state index is 14.7. The zero-order valence-electron chi connectivity index (χ0n) is 51.9. The lowest BCUT2D eigenvalue weighted by atomic mass is 9.95. The molecule has 0 aliphatic heterocycles. The van der Waals surface area contributed by atoms with Gasteiger partial charge < -0.3 is 29.0 Å². The highest BCUT2D eigenvalue weighted by atomic mass is 19.1. The van der Waals surface area contributed by atoms with Crippen LogP contribution in [-0.2, 0) is 0 Å². The van der Waals surface area contributed by atoms with Crippen molar-refractivity contribution in [3.63, 3.8) is 0 Å². The van der Waals surface area contributed by atoms with E-state index in [9.17, 15) is 50.9 Å². The fourth-order valence-electron chi connectivity index (χ4n) is 12.8. The van der Waals surface area contributed by atoms with Gasteiger partial charge in [-0.2, -0.15) is 15.3 Å². The molecule has 16 nitrogen and oxygen atoms in total. The molecule has 0 aliphatic rings. The van der Waals surface area contributed by atoms with Gasteiger partial charge in [0, 0.05) is 94.9 Å². The SMILES string of the molecule is CC(C)c1c(-c2cc(F)c(C(=O)O)c(F)c2)c2cc3[nH]ncc3cc2n1-c1ccc(F)cc1.CC(C)c1c(-c2ccc(C(=O)O)c(F)c2)c2cc3[nH]ncc3cc2n1-c1ccc(F)cc1.CC(C)c1c(-c2ccc(C(=O)O)nc2)c2cc3[nH]ncc3cc2n1-c1ccc(F)cc1. The third kappa shape index (κ3) is 11.2. The number of aromatic carboxylic acids is 3. The summed E-state index contributed by atoms with van der Waals surface area (Å²) in [7, 11) is 0. The van der Waals surface area contributed by atoms with Crippen molar-refractivity contribution in [2.24, 2.45) is 0 Å². The summed E-state index contributed by atoms with van der Waals surface area (Å²) in [5, 5.41) is 54.1. The molecule has 0 radical (unpaired) electrons. The van der Waals surface area contributed by atoms with E-state index in [1.807, 2.05) is 67.2 Å². The summed E-state index contributed by atoms with van der Waals surface area (Å²) in [6, 6.07) is 40.0. The topological polar surface area (TPSA) is 226 Å². The number of carboxylic acids is 3. The van der Waals surface area contributed by atoms with Crippen molar-refractivity contribution in [3.8, 4) is 50.4 Å². The first-order valence-electron chi connectivity index (χ1n) is 30.3. The normalized spacial score (nSPS) is 11.7. The number of aromatic nitrogens is 10. The lowest BCUT2D eigenvalue weighted by Crippen LogP contribution is -2.06. The number of H-pyrrole nitrogens is 3. The van der Waals surface area contributed by atoms with E-state index in [0.29, 0.717) is 22.2 Å². The molecule has 7 aromatic heterocycles. The molecule has 0 bridgehead atoms. The molecule has 0 amide bonds. The van der Waals surface area contributed by atoms with Crippen molar-refractivity contribution in [3.05, 3.63) is 245 Å². The van der Waals surface area contributed by atoms with Crippen LogP contribution in [0.5, 0.6) is 0 Å². The average Bonchev–Trinajstić information content (AvgIpc) is 1.60. The first-order valence-corrected chi connectivity index (χ1v) is 30.3. The molecule has 6 N–H and O–H groups in total. The molecule has 22 heteroatoms. The smallest absolute Gasteiger partial charge is 0.354 e. The van der Waals surface area contributed by atoms with Crippen LogP contribution < -0.4 is 0 Å². The lowest BCUT2D eigenvalue weighted by Gasteiger charge is -2.16. The van der Waals surface area contributed by atoms with E-state index in [4.69, 9.17) is 5.11 Å². The summed E-state index contributed by atoms with van der Waals surface area (Å²) in [5.74, 6) is -8.11. The van der Waals surface area contributed by atoms with Crippen LogP contribution in [0.1, 0.15) is 108 Å². The molecular formula is C74H56F6N10O6. The molecule has 0 saturated heterocycles. The molecule has 15 aromatic rings. The summed E-state index contributed by atoms with van der Waals surface area (Å²) < 4.78 is 91.0. The fraction of sp³-hybridized carbons (Fsp3) is 0.122. The van der Waals surface area contributed by atoms with E-state index in [1.54, 1.807) is 73.3 Å². The predicted molar refractivity (Wildman–Crippen MR) is 356 cm³/mol. The van der Waals surface area contributed by atoms with Gasteiger partial charge in [-0.1, -0.05) is 53.7 Å². The summed E-state index contributed by atoms with van der Waals surface area (Å²) in [5.41, 5.74) is 12.6. The molecule has 7 heterocycles. The zero-order chi connectivity index (χ0) is 67.7. The Morgan fingerprint density at radius 2 is 0.740 bits per heavy atom. The second kappa shape index (κ2) is 24.8. The van der Waals surface area contributed by atoms with E-state index in [1.165, 1.54) is 54.6 Å². The van der Waals surface area contributed by atoms with Gasteiger partial charge in [0.25, 0.3) is 0 Å². The minimum Gasteiger partial charge on any atom is -0.478 e. The third-order valence-corrected chi connectivity index (χ3v) is 16.9. The highest BCUT2D eigenvalue weighted by Gasteiger charge is 2.29. The number of carboxylic acid groups (broad SMARTS) is 3. The number of rotatable bonds is 12. The Labute approximate surface area is 541 Å². The number of hydrogen-bond donors (Lipinski definition) is 6. The maximum atomic E-state index is 14.7. The van der Waals surface area contributed by atoms with Crippen LogP contribution in [0.3, 0.4) is 0 Å². The molecule has 0 spiro atoms. The van der Waals surface area contributed by atoms with Gasteiger partial charge in [0.2, 0.25) is 0 Å². The van der Waals surface area contributed by atoms with Gasteiger partial charge in [-0.25, -0.2) is 45.7 Å². The molecule has 96 heavy (non-hydrogen) atoms. The molecule has 0 unspecified atom stereocenters. The third-order valence-electron chi connectivity index (χ3n) is 16.9. The second-order valence-electron chi connectivity index (χ2n) is 24.0. The van der Waals surface area contributed by atoms with Gasteiger partial charge in [0.1, 0.15) is 46.2 Å². The Hall–Kier alpha value is -12.1. The second-order valence-corrected chi connectivity index (χ2v) is 24.0. The Kier molecular flexibility index (Phi) is 16.2. The number of aromatic amines is 3. The molecule has 0 atom stereocenters. The zero-order valence-corrected chi connectivity index (χ0v) is 51.9. The number of hydrogen-bond acceptors (Lipinski definition) is 7. The highest BCUT2D eigenvalue weighted by molar-refractivity contribution is 6.09. The fourth-order valence-corrected chi connectivity index (χ4v) is 12.8. The predicted octanol–water partition coefficient (Wildman–Crippen LogP) is 18.2. The Bertz CT molecular complexity index is 5550. The van der Waals surface area contributed by atoms with Gasteiger partial charge >= 0.3 is 17.9 Å². The van der Waals surface area contributed by atoms with Gasteiger partial charge in [-0.05, 0) is 168 Å². The van der Waals surface area contributed by atoms with Gasteiger partial charge in [-0.15, -0.1) is 0 Å². The van der Waals surface area contributed by atoms with Crippen LogP contribution in [0, 0.1) is 34.9 Å². The number of benzene rings is 8. The van der Waals surface area contributed by atoms with Crippen molar-refractivity contribution in [2.45, 2.75) is 59.3 Å². The van der Waals surface area contributed by atoms with E-state index in [0.717, 1.165) is 117 Å². The van der Waals surface area contributed by atoms with Crippen LogP contribution >= 0.6 is 0 Å². The minimum atomic E-state index is -1.67. The summed E-state index contributed by atoms with van der Waals surface area (Å²) >= 11 is 0. The summed E-state index contributed by atoms with van der Waals surface area (Å²) in [6.07, 6.45) is 6.77. The van der Waals surface area contributed by atoms with Crippen LogP contribution in [-0.4, -0.2) is 82.5 Å². The largest absolute Gasteiger partial charge is 0.478 e. The maximum Gasteiger partial charge on any atom is 0.354 e. The Morgan fingerprint density at radius 1 is 0.385 bits per heavy atom. The van der Waals surface area contributed by atoms with Crippen molar-refractivity contribution < 1.29 is 56.0 Å². The van der Waals surface area contributed by atoms with Crippen LogP contribution in [0.15, 0.2) is 176 Å². The molecule has 480 valence electrons. The van der Waals surface area contributed by atoms with E-state index >= 15 is 0 Å². The number of carbonyl (C=O) groups is 3. The number of nitrogens with one attached hydrogen (secondary N) is 3. The van der Waals surface area contributed by atoms with Gasteiger partial charge in [0.05, 0.1) is 57.3 Å². The number of nitrogens with zero attached hydrogens (tertiary/aromatic N) is 7. The lowest BCUT2D eigenvalue weighted by molar-refractivity contribution is 0.0676. The molecule has 0 fully saturated rings. The van der Waals surface area contributed by atoms with Crippen molar-refractivity contribution in [2.75, 3.05) is 0 Å². The Balaban J connectivity index is 0.000000130. The summed E-state index contributed by atoms with van der Waals surface area (Å²) in [6.45, 7) is 12.2. The van der Waals surface area contributed by atoms with Gasteiger partial charge in [0.15, 0.2) is 0 Å². The molecular weight excluding hydrogens is 1240 g/mol. The van der Waals surface area contributed by atoms with Crippen molar-refractivity contribution in [1.82, 2.24) is 49.3 Å². The monoisotopic (exact) mass is 1290 g/mol. The molecule has 0 aliphatic carbocycles. The first-order chi connectivity index (χ1) is 46.0. The van der Waals surface area contributed by atoms with Gasteiger partial charge in [-0.3, -0.25) is 15.3 Å². The van der Waals surface area contributed by atoms with E-state index in [2.05, 4.69) is 60.1 Å². The van der Waals surface area contributed by atoms with Crippen LogP contribution in [0.2, 0.25) is 0 Å². The molecule has 15 rings (SSSR count). The number of halogens is 6. The quantitative estimate of drug-likeness (QED) is 0.0634.